The molecule has 4 N–H and O–H groups in total. The fourth-order valence-electron chi connectivity index (χ4n) is 4.83. The monoisotopic (exact) mass is 543 g/mol. The van der Waals surface area contributed by atoms with Crippen LogP contribution in [0.5, 0.6) is 5.75 Å². The Morgan fingerprint density at radius 3 is 2.55 bits per heavy atom. The Hall–Kier alpha value is -4.85. The molecule has 1 unspecified atom stereocenters. The van der Waals surface area contributed by atoms with E-state index < -0.39 is 29.4 Å². The SMILES string of the molecule is COc1ccc2c(c1)C(=O)N(CC1(C#Cc3ccc(CC(=O)NC(=O)NCC4CCC4)cc3)NC(=O)NC1=O)C2. The van der Waals surface area contributed by atoms with Gasteiger partial charge in [0.2, 0.25) is 11.4 Å². The number of carbonyl (C=O) groups is 5. The summed E-state index contributed by atoms with van der Waals surface area (Å²) in [5.41, 5.74) is 0.838. The van der Waals surface area contributed by atoms with Crippen LogP contribution in [0.2, 0.25) is 0 Å². The van der Waals surface area contributed by atoms with E-state index in [1.807, 2.05) is 0 Å². The largest absolute Gasteiger partial charge is 0.497 e. The number of amides is 7. The Kier molecular flexibility index (Phi) is 7.42. The zero-order chi connectivity index (χ0) is 28.3. The van der Waals surface area contributed by atoms with E-state index in [0.29, 0.717) is 34.9 Å². The van der Waals surface area contributed by atoms with Crippen molar-refractivity contribution in [1.29, 1.82) is 0 Å². The fourth-order valence-corrected chi connectivity index (χ4v) is 4.83. The van der Waals surface area contributed by atoms with Crippen molar-refractivity contribution in [3.05, 3.63) is 64.7 Å². The first kappa shape index (κ1) is 26.7. The average molecular weight is 544 g/mol. The summed E-state index contributed by atoms with van der Waals surface area (Å²) in [6.45, 7) is 0.689. The first-order chi connectivity index (χ1) is 19.2. The summed E-state index contributed by atoms with van der Waals surface area (Å²) in [7, 11) is 1.51. The van der Waals surface area contributed by atoms with E-state index in [4.69, 9.17) is 4.74 Å². The molecule has 1 aliphatic carbocycles. The topological polar surface area (TPSA) is 146 Å². The molecule has 2 fully saturated rings. The summed E-state index contributed by atoms with van der Waals surface area (Å²) in [4.78, 5) is 63.6. The van der Waals surface area contributed by atoms with E-state index >= 15 is 0 Å². The van der Waals surface area contributed by atoms with Crippen molar-refractivity contribution in [2.75, 3.05) is 20.2 Å². The third-order valence-corrected chi connectivity index (χ3v) is 7.33. The summed E-state index contributed by atoms with van der Waals surface area (Å²) >= 11 is 0. The van der Waals surface area contributed by atoms with Crippen molar-refractivity contribution in [3.63, 3.8) is 0 Å². The first-order valence-electron chi connectivity index (χ1n) is 13.0. The van der Waals surface area contributed by atoms with Crippen LogP contribution in [-0.4, -0.2) is 60.4 Å². The number of rotatable bonds is 7. The van der Waals surface area contributed by atoms with Crippen LogP contribution in [0.4, 0.5) is 9.59 Å². The maximum Gasteiger partial charge on any atom is 0.323 e. The van der Waals surface area contributed by atoms with Gasteiger partial charge in [0.05, 0.1) is 20.1 Å². The Morgan fingerprint density at radius 1 is 1.12 bits per heavy atom. The zero-order valence-corrected chi connectivity index (χ0v) is 22.0. The molecule has 2 aliphatic heterocycles. The van der Waals surface area contributed by atoms with E-state index in [2.05, 4.69) is 33.1 Å². The highest BCUT2D eigenvalue weighted by Crippen LogP contribution is 2.28. The van der Waals surface area contributed by atoms with Crippen LogP contribution in [0, 0.1) is 17.8 Å². The summed E-state index contributed by atoms with van der Waals surface area (Å²) in [6, 6.07) is 10.8. The molecule has 0 bridgehead atoms. The third kappa shape index (κ3) is 5.76. The molecule has 2 heterocycles. The van der Waals surface area contributed by atoms with Gasteiger partial charge in [-0.15, -0.1) is 0 Å². The van der Waals surface area contributed by atoms with Crippen LogP contribution in [0.1, 0.15) is 46.3 Å². The Labute approximate surface area is 231 Å². The molecule has 1 saturated heterocycles. The van der Waals surface area contributed by atoms with Gasteiger partial charge in [-0.1, -0.05) is 36.5 Å². The van der Waals surface area contributed by atoms with Gasteiger partial charge in [-0.2, -0.15) is 0 Å². The van der Waals surface area contributed by atoms with Crippen molar-refractivity contribution in [2.45, 2.75) is 37.8 Å². The van der Waals surface area contributed by atoms with E-state index in [1.165, 1.54) is 18.4 Å². The predicted octanol–water partition coefficient (Wildman–Crippen LogP) is 1.45. The predicted molar refractivity (Wildman–Crippen MR) is 143 cm³/mol. The van der Waals surface area contributed by atoms with E-state index in [1.54, 1.807) is 42.5 Å². The second-order valence-corrected chi connectivity index (χ2v) is 10.2. The second-order valence-electron chi connectivity index (χ2n) is 10.2. The lowest BCUT2D eigenvalue weighted by Crippen LogP contribution is -2.54. The highest BCUT2D eigenvalue weighted by molar-refractivity contribution is 6.10. The third-order valence-electron chi connectivity index (χ3n) is 7.33. The molecule has 2 aromatic rings. The minimum atomic E-state index is -1.63. The molecule has 1 atom stereocenters. The lowest BCUT2D eigenvalue weighted by Gasteiger charge is -2.26. The minimum absolute atomic E-state index is 0.00930. The highest BCUT2D eigenvalue weighted by atomic mass is 16.5. The molecular formula is C29H29N5O6. The summed E-state index contributed by atoms with van der Waals surface area (Å²) < 4.78 is 5.21. The maximum absolute atomic E-state index is 13.1. The van der Waals surface area contributed by atoms with Crippen LogP contribution >= 0.6 is 0 Å². The van der Waals surface area contributed by atoms with E-state index in [9.17, 15) is 24.0 Å². The Balaban J connectivity index is 1.23. The lowest BCUT2D eigenvalue weighted by atomic mass is 9.85. The van der Waals surface area contributed by atoms with Crippen LogP contribution in [0.25, 0.3) is 0 Å². The molecule has 3 aliphatic rings. The summed E-state index contributed by atoms with van der Waals surface area (Å²) in [5, 5.41) is 9.85. The van der Waals surface area contributed by atoms with E-state index in [-0.39, 0.29) is 25.4 Å². The van der Waals surface area contributed by atoms with Crippen LogP contribution in [0.3, 0.4) is 0 Å². The number of fused-ring (bicyclic) bond motifs is 1. The molecular weight excluding hydrogens is 514 g/mol. The summed E-state index contributed by atoms with van der Waals surface area (Å²) in [5.74, 6) is 5.45. The van der Waals surface area contributed by atoms with Gasteiger partial charge in [0.1, 0.15) is 5.75 Å². The van der Waals surface area contributed by atoms with Crippen LogP contribution in [0.15, 0.2) is 42.5 Å². The van der Waals surface area contributed by atoms with Gasteiger partial charge in [-0.3, -0.25) is 25.0 Å². The number of nitrogens with one attached hydrogen (secondary N) is 4. The van der Waals surface area contributed by atoms with Crippen LogP contribution < -0.4 is 26.0 Å². The first-order valence-corrected chi connectivity index (χ1v) is 13.0. The molecule has 11 heteroatoms. The molecule has 2 aromatic carbocycles. The number of ether oxygens (including phenoxy) is 1. The van der Waals surface area contributed by atoms with Crippen molar-refractivity contribution < 1.29 is 28.7 Å². The lowest BCUT2D eigenvalue weighted by molar-refractivity contribution is -0.122. The number of imide groups is 2. The van der Waals surface area contributed by atoms with Gasteiger partial charge in [-0.05, 0) is 54.2 Å². The molecule has 206 valence electrons. The smallest absolute Gasteiger partial charge is 0.323 e. The number of hydrogen-bond acceptors (Lipinski definition) is 6. The Morgan fingerprint density at radius 2 is 1.90 bits per heavy atom. The number of urea groups is 2. The number of nitrogens with zero attached hydrogens (tertiary/aromatic N) is 1. The van der Waals surface area contributed by atoms with E-state index in [0.717, 1.165) is 18.4 Å². The molecule has 11 nitrogen and oxygen atoms in total. The zero-order valence-electron chi connectivity index (χ0n) is 22.0. The summed E-state index contributed by atoms with van der Waals surface area (Å²) in [6.07, 6.45) is 3.39. The molecule has 5 rings (SSSR count). The number of benzene rings is 2. The normalized spacial score (nSPS) is 19.5. The number of methoxy groups -OCH3 is 1. The van der Waals surface area contributed by atoms with Crippen molar-refractivity contribution in [2.24, 2.45) is 5.92 Å². The molecule has 40 heavy (non-hydrogen) atoms. The van der Waals surface area contributed by atoms with Crippen LogP contribution in [-0.2, 0) is 22.6 Å². The van der Waals surface area contributed by atoms with Gasteiger partial charge in [0.15, 0.2) is 0 Å². The number of hydrogen-bond donors (Lipinski definition) is 4. The molecule has 0 spiro atoms. The molecule has 0 aromatic heterocycles. The Bertz CT molecular complexity index is 1440. The standard InChI is InChI=1S/C29H29N5O6/c1-40-22-10-9-21-16-34(25(36)23(21)14-22)17-29(26(37)32-28(39)33-29)12-11-18-5-7-19(8-6-18)13-24(35)31-27(38)30-15-20-3-2-4-20/h5-10,14,20H,2-4,13,15-17H2,1H3,(H2,30,31,35,38)(H2,32,33,37,39). The molecule has 0 radical (unpaired) electrons. The number of carbonyl (C=O) groups excluding carboxylic acids is 5. The van der Waals surface area contributed by atoms with Gasteiger partial charge in [0, 0.05) is 24.2 Å². The average Bonchev–Trinajstić information content (AvgIpc) is 3.36. The minimum Gasteiger partial charge on any atom is -0.497 e. The highest BCUT2D eigenvalue weighted by Gasteiger charge is 2.48. The van der Waals surface area contributed by atoms with Crippen molar-refractivity contribution in [1.82, 2.24) is 26.2 Å². The van der Waals surface area contributed by atoms with Gasteiger partial charge in [-0.25, -0.2) is 9.59 Å². The van der Waals surface area contributed by atoms with Gasteiger partial charge in [0.25, 0.3) is 11.8 Å². The van der Waals surface area contributed by atoms with Crippen molar-refractivity contribution >= 4 is 29.8 Å². The van der Waals surface area contributed by atoms with Crippen molar-refractivity contribution in [3.8, 4) is 17.6 Å². The van der Waals surface area contributed by atoms with Gasteiger partial charge >= 0.3 is 12.1 Å². The molecule has 1 saturated carbocycles. The second kappa shape index (κ2) is 11.1. The fraction of sp³-hybridized carbons (Fsp3) is 0.345. The van der Waals surface area contributed by atoms with Gasteiger partial charge < -0.3 is 20.3 Å². The maximum atomic E-state index is 13.1. The quantitative estimate of drug-likeness (QED) is 0.307. The molecule has 7 amide bonds.